The highest BCUT2D eigenvalue weighted by Gasteiger charge is 2.52. The van der Waals surface area contributed by atoms with E-state index in [2.05, 4.69) is 5.32 Å². The Morgan fingerprint density at radius 1 is 1.21 bits per heavy atom. The zero-order chi connectivity index (χ0) is 14.9. The second-order valence-corrected chi connectivity index (χ2v) is 5.51. The fourth-order valence-electron chi connectivity index (χ4n) is 1.38. The lowest BCUT2D eigenvalue weighted by atomic mass is 10.2. The van der Waals surface area contributed by atoms with E-state index in [1.54, 1.807) is 26.1 Å². The quantitative estimate of drug-likeness (QED) is 0.828. The molecule has 0 unspecified atom stereocenters. The second-order valence-electron chi connectivity index (χ2n) is 5.51. The van der Waals surface area contributed by atoms with Crippen LogP contribution in [0.5, 0.6) is 0 Å². The normalized spacial score (nSPS) is 17.6. The minimum atomic E-state index is -4.47. The minimum absolute atomic E-state index is 0.302. The van der Waals surface area contributed by atoms with Crippen LogP contribution in [0.2, 0.25) is 0 Å². The highest BCUT2D eigenvalue weighted by Crippen LogP contribution is 2.36. The van der Waals surface area contributed by atoms with E-state index >= 15 is 0 Å². The van der Waals surface area contributed by atoms with Crippen molar-refractivity contribution in [3.05, 3.63) is 0 Å². The summed E-state index contributed by atoms with van der Waals surface area (Å²) >= 11 is 0. The van der Waals surface area contributed by atoms with Gasteiger partial charge >= 0.3 is 12.3 Å². The van der Waals surface area contributed by atoms with E-state index in [4.69, 9.17) is 4.74 Å². The number of rotatable bonds is 3. The Morgan fingerprint density at radius 3 is 2.11 bits per heavy atom. The molecule has 2 amide bonds. The standard InChI is InChI=1S/C11H17F3N2O3/c1-9(2,3)19-8(18)16-10(4-5-10)7(17)15-6-11(12,13)14/h4-6H2,1-3H3,(H,15,17)(H,16,18). The van der Waals surface area contributed by atoms with Crippen molar-refractivity contribution in [1.29, 1.82) is 0 Å². The number of hydrogen-bond acceptors (Lipinski definition) is 3. The SMILES string of the molecule is CC(C)(C)OC(=O)NC1(C(=O)NCC(F)(F)F)CC1. The molecule has 0 aromatic heterocycles. The van der Waals surface area contributed by atoms with Crippen LogP contribution < -0.4 is 10.6 Å². The lowest BCUT2D eigenvalue weighted by Crippen LogP contribution is -2.51. The van der Waals surface area contributed by atoms with Gasteiger partial charge in [-0.15, -0.1) is 0 Å². The number of carbonyl (C=O) groups excluding carboxylic acids is 2. The monoisotopic (exact) mass is 282 g/mol. The van der Waals surface area contributed by atoms with Gasteiger partial charge in [-0.25, -0.2) is 4.79 Å². The van der Waals surface area contributed by atoms with Crippen LogP contribution in [-0.4, -0.2) is 35.9 Å². The Balaban J connectivity index is 2.48. The smallest absolute Gasteiger partial charge is 0.408 e. The molecule has 1 aliphatic rings. The van der Waals surface area contributed by atoms with Gasteiger partial charge in [-0.05, 0) is 33.6 Å². The van der Waals surface area contributed by atoms with Crippen molar-refractivity contribution < 1.29 is 27.5 Å². The van der Waals surface area contributed by atoms with Gasteiger partial charge in [0, 0.05) is 0 Å². The number of ether oxygens (including phenoxy) is 1. The Labute approximate surface area is 108 Å². The Bertz CT molecular complexity index is 370. The summed E-state index contributed by atoms with van der Waals surface area (Å²) < 4.78 is 40.9. The van der Waals surface area contributed by atoms with Crippen molar-refractivity contribution in [2.45, 2.75) is 50.9 Å². The highest BCUT2D eigenvalue weighted by molar-refractivity contribution is 5.92. The van der Waals surface area contributed by atoms with Crippen molar-refractivity contribution in [1.82, 2.24) is 10.6 Å². The first-order valence-electron chi connectivity index (χ1n) is 5.80. The molecule has 0 heterocycles. The van der Waals surface area contributed by atoms with Gasteiger partial charge in [0.15, 0.2) is 0 Å². The van der Waals surface area contributed by atoms with Crippen LogP contribution in [0.3, 0.4) is 0 Å². The molecule has 0 bridgehead atoms. The Kier molecular flexibility index (Phi) is 4.02. The number of carbonyl (C=O) groups is 2. The number of hydrogen-bond donors (Lipinski definition) is 2. The topological polar surface area (TPSA) is 67.4 Å². The van der Waals surface area contributed by atoms with Crippen LogP contribution in [0.25, 0.3) is 0 Å². The van der Waals surface area contributed by atoms with Gasteiger partial charge in [0.25, 0.3) is 0 Å². The largest absolute Gasteiger partial charge is 0.444 e. The van der Waals surface area contributed by atoms with Gasteiger partial charge in [0.1, 0.15) is 17.7 Å². The molecule has 0 saturated heterocycles. The van der Waals surface area contributed by atoms with Gasteiger partial charge in [-0.1, -0.05) is 0 Å². The molecular formula is C11H17F3N2O3. The molecule has 1 aliphatic carbocycles. The summed E-state index contributed by atoms with van der Waals surface area (Å²) in [5.41, 5.74) is -1.99. The van der Waals surface area contributed by atoms with Gasteiger partial charge in [-0.3, -0.25) is 4.79 Å². The predicted octanol–water partition coefficient (Wildman–Crippen LogP) is 1.72. The summed E-state index contributed by atoms with van der Waals surface area (Å²) in [6.45, 7) is 3.53. The van der Waals surface area contributed by atoms with Gasteiger partial charge in [-0.2, -0.15) is 13.2 Å². The molecule has 1 fully saturated rings. The zero-order valence-corrected chi connectivity index (χ0v) is 11.0. The molecule has 8 heteroatoms. The Hall–Kier alpha value is -1.47. The van der Waals surface area contributed by atoms with Crippen LogP contribution in [-0.2, 0) is 9.53 Å². The first-order valence-corrected chi connectivity index (χ1v) is 5.80. The van der Waals surface area contributed by atoms with E-state index in [1.165, 1.54) is 0 Å². The fourth-order valence-corrected chi connectivity index (χ4v) is 1.38. The summed E-state index contributed by atoms with van der Waals surface area (Å²) in [5.74, 6) is -0.837. The first kappa shape index (κ1) is 15.6. The van der Waals surface area contributed by atoms with E-state index in [1.807, 2.05) is 0 Å². The fraction of sp³-hybridized carbons (Fsp3) is 0.818. The van der Waals surface area contributed by atoms with Crippen LogP contribution in [0, 0.1) is 0 Å². The predicted molar refractivity (Wildman–Crippen MR) is 60.4 cm³/mol. The molecule has 1 rings (SSSR count). The number of alkyl carbamates (subject to hydrolysis) is 1. The molecule has 0 aromatic rings. The van der Waals surface area contributed by atoms with Gasteiger partial charge < -0.3 is 15.4 Å². The third kappa shape index (κ3) is 5.35. The van der Waals surface area contributed by atoms with Gasteiger partial charge in [0.2, 0.25) is 5.91 Å². The number of halogens is 3. The molecule has 0 aromatic carbocycles. The molecule has 5 nitrogen and oxygen atoms in total. The molecule has 0 radical (unpaired) electrons. The number of amides is 2. The third-order valence-corrected chi connectivity index (χ3v) is 2.37. The van der Waals surface area contributed by atoms with Crippen molar-refractivity contribution >= 4 is 12.0 Å². The van der Waals surface area contributed by atoms with Crippen LogP contribution in [0.1, 0.15) is 33.6 Å². The van der Waals surface area contributed by atoms with Crippen molar-refractivity contribution in [2.24, 2.45) is 0 Å². The second kappa shape index (κ2) is 4.90. The molecule has 2 N–H and O–H groups in total. The van der Waals surface area contributed by atoms with E-state index in [-0.39, 0.29) is 0 Å². The summed E-state index contributed by atoms with van der Waals surface area (Å²) in [5, 5.41) is 4.08. The van der Waals surface area contributed by atoms with Crippen LogP contribution in [0.4, 0.5) is 18.0 Å². The maximum absolute atomic E-state index is 12.0. The van der Waals surface area contributed by atoms with E-state index in [0.29, 0.717) is 12.8 Å². The number of nitrogens with one attached hydrogen (secondary N) is 2. The molecule has 19 heavy (non-hydrogen) atoms. The van der Waals surface area contributed by atoms with Crippen molar-refractivity contribution in [3.63, 3.8) is 0 Å². The summed E-state index contributed by atoms with van der Waals surface area (Å²) in [7, 11) is 0. The van der Waals surface area contributed by atoms with E-state index in [9.17, 15) is 22.8 Å². The molecule has 0 atom stereocenters. The van der Waals surface area contributed by atoms with Crippen LogP contribution >= 0.6 is 0 Å². The van der Waals surface area contributed by atoms with E-state index in [0.717, 1.165) is 0 Å². The molecule has 0 aliphatic heterocycles. The number of alkyl halides is 3. The molecule has 0 spiro atoms. The lowest BCUT2D eigenvalue weighted by Gasteiger charge is -2.23. The van der Waals surface area contributed by atoms with Crippen molar-refractivity contribution in [3.8, 4) is 0 Å². The Morgan fingerprint density at radius 2 is 1.74 bits per heavy atom. The maximum Gasteiger partial charge on any atom is 0.408 e. The van der Waals surface area contributed by atoms with Gasteiger partial charge in [0.05, 0.1) is 0 Å². The van der Waals surface area contributed by atoms with Crippen LogP contribution in [0.15, 0.2) is 0 Å². The zero-order valence-electron chi connectivity index (χ0n) is 11.0. The minimum Gasteiger partial charge on any atom is -0.444 e. The average Bonchev–Trinajstić information content (AvgIpc) is 2.90. The molecule has 1 saturated carbocycles. The summed E-state index contributed by atoms with van der Waals surface area (Å²) in [6, 6.07) is 0. The summed E-state index contributed by atoms with van der Waals surface area (Å²) in [4.78, 5) is 23.1. The summed E-state index contributed by atoms with van der Waals surface area (Å²) in [6.07, 6.45) is -4.68. The van der Waals surface area contributed by atoms with Crippen molar-refractivity contribution in [2.75, 3.05) is 6.54 Å². The molecular weight excluding hydrogens is 265 g/mol. The third-order valence-electron chi connectivity index (χ3n) is 2.37. The maximum atomic E-state index is 12.0. The molecule has 110 valence electrons. The highest BCUT2D eigenvalue weighted by atomic mass is 19.4. The average molecular weight is 282 g/mol. The lowest BCUT2D eigenvalue weighted by molar-refractivity contribution is -0.140. The van der Waals surface area contributed by atoms with E-state index < -0.39 is 35.9 Å². The first-order chi connectivity index (χ1) is 8.44.